The number of aromatic nitrogens is 3. The number of aliphatic hydroxyl groups is 1. The molecular formula is C19H15N3O2. The Kier molecular flexibility index (Phi) is 5.13. The lowest BCUT2D eigenvalue weighted by Gasteiger charge is -2.03. The smallest absolute Gasteiger partial charge is 0.233 e. The second-order valence-electron chi connectivity index (χ2n) is 4.98. The Bertz CT molecular complexity index is 836. The van der Waals surface area contributed by atoms with E-state index in [1.54, 1.807) is 30.5 Å². The Balaban J connectivity index is 1.61. The summed E-state index contributed by atoms with van der Waals surface area (Å²) in [5.74, 6) is 6.33. The number of pyridine rings is 1. The van der Waals surface area contributed by atoms with Crippen LogP contribution in [0.15, 0.2) is 60.8 Å². The number of aliphatic hydroxyl groups excluding tert-OH is 1. The van der Waals surface area contributed by atoms with Gasteiger partial charge in [0.05, 0.1) is 12.3 Å². The van der Waals surface area contributed by atoms with Gasteiger partial charge >= 0.3 is 0 Å². The number of rotatable bonds is 4. The van der Waals surface area contributed by atoms with E-state index >= 15 is 0 Å². The van der Waals surface area contributed by atoms with E-state index in [4.69, 9.17) is 9.84 Å². The maximum Gasteiger partial charge on any atom is 0.233 e. The van der Waals surface area contributed by atoms with Gasteiger partial charge in [0.2, 0.25) is 5.88 Å². The predicted octanol–water partition coefficient (Wildman–Crippen LogP) is 2.34. The lowest BCUT2D eigenvalue weighted by atomic mass is 10.2. The van der Waals surface area contributed by atoms with E-state index in [-0.39, 0.29) is 6.61 Å². The Morgan fingerprint density at radius 2 is 1.79 bits per heavy atom. The van der Waals surface area contributed by atoms with Crippen LogP contribution < -0.4 is 4.74 Å². The van der Waals surface area contributed by atoms with Gasteiger partial charge in [0.15, 0.2) is 0 Å². The summed E-state index contributed by atoms with van der Waals surface area (Å²) >= 11 is 0. The molecule has 0 fully saturated rings. The molecule has 0 saturated heterocycles. The van der Waals surface area contributed by atoms with Crippen LogP contribution in [0.4, 0.5) is 0 Å². The molecule has 24 heavy (non-hydrogen) atoms. The SMILES string of the molecule is OCc1ccc(C#Cc2ccc(OCc3ccccc3)nn2)cn1. The molecule has 0 atom stereocenters. The predicted molar refractivity (Wildman–Crippen MR) is 88.9 cm³/mol. The lowest BCUT2D eigenvalue weighted by Crippen LogP contribution is -1.98. The number of nitrogens with zero attached hydrogens (tertiary/aromatic N) is 3. The van der Waals surface area contributed by atoms with E-state index in [0.717, 1.165) is 11.1 Å². The van der Waals surface area contributed by atoms with Gasteiger partial charge in [-0.1, -0.05) is 36.3 Å². The van der Waals surface area contributed by atoms with Crippen LogP contribution >= 0.6 is 0 Å². The minimum atomic E-state index is -0.0797. The fourth-order valence-electron chi connectivity index (χ4n) is 1.92. The first-order valence-corrected chi connectivity index (χ1v) is 7.42. The van der Waals surface area contributed by atoms with Gasteiger partial charge in [-0.15, -0.1) is 10.2 Å². The van der Waals surface area contributed by atoms with Crippen molar-refractivity contribution in [1.82, 2.24) is 15.2 Å². The van der Waals surface area contributed by atoms with Crippen molar-refractivity contribution in [2.24, 2.45) is 0 Å². The van der Waals surface area contributed by atoms with Crippen molar-refractivity contribution in [1.29, 1.82) is 0 Å². The van der Waals surface area contributed by atoms with Crippen molar-refractivity contribution in [3.63, 3.8) is 0 Å². The van der Waals surface area contributed by atoms with Gasteiger partial charge in [0.25, 0.3) is 0 Å². The molecule has 0 spiro atoms. The molecule has 0 bridgehead atoms. The van der Waals surface area contributed by atoms with Crippen molar-refractivity contribution in [3.05, 3.63) is 83.3 Å². The number of benzene rings is 1. The summed E-state index contributed by atoms with van der Waals surface area (Å²) < 4.78 is 5.58. The molecule has 118 valence electrons. The van der Waals surface area contributed by atoms with Crippen LogP contribution in [0.3, 0.4) is 0 Å². The van der Waals surface area contributed by atoms with Crippen molar-refractivity contribution in [2.75, 3.05) is 0 Å². The van der Waals surface area contributed by atoms with Gasteiger partial charge in [-0.3, -0.25) is 4.98 Å². The summed E-state index contributed by atoms with van der Waals surface area (Å²) in [4.78, 5) is 4.07. The molecule has 2 aromatic heterocycles. The van der Waals surface area contributed by atoms with Gasteiger partial charge in [0, 0.05) is 17.8 Å². The highest BCUT2D eigenvalue weighted by Gasteiger charge is 1.98. The normalized spacial score (nSPS) is 9.88. The first-order chi connectivity index (χ1) is 11.8. The molecule has 2 heterocycles. The molecule has 3 rings (SSSR count). The van der Waals surface area contributed by atoms with Crippen LogP contribution in [0.25, 0.3) is 0 Å². The van der Waals surface area contributed by atoms with Crippen LogP contribution in [-0.4, -0.2) is 20.3 Å². The first kappa shape index (κ1) is 15.7. The molecule has 0 aliphatic carbocycles. The highest BCUT2D eigenvalue weighted by molar-refractivity contribution is 5.39. The summed E-state index contributed by atoms with van der Waals surface area (Å²) in [6, 6.07) is 16.9. The summed E-state index contributed by atoms with van der Waals surface area (Å²) in [6.45, 7) is 0.368. The minimum Gasteiger partial charge on any atom is -0.472 e. The van der Waals surface area contributed by atoms with Gasteiger partial charge < -0.3 is 9.84 Å². The molecule has 0 aliphatic rings. The minimum absolute atomic E-state index is 0.0797. The third-order valence-corrected chi connectivity index (χ3v) is 3.19. The summed E-state index contributed by atoms with van der Waals surface area (Å²) in [5, 5.41) is 17.0. The zero-order valence-electron chi connectivity index (χ0n) is 12.9. The van der Waals surface area contributed by atoms with Crippen molar-refractivity contribution in [2.45, 2.75) is 13.2 Å². The average molecular weight is 317 g/mol. The molecule has 0 unspecified atom stereocenters. The molecule has 3 aromatic rings. The van der Waals surface area contributed by atoms with Gasteiger partial charge in [-0.25, -0.2) is 0 Å². The van der Waals surface area contributed by atoms with E-state index in [1.165, 1.54) is 0 Å². The number of hydrogen-bond acceptors (Lipinski definition) is 5. The van der Waals surface area contributed by atoms with Gasteiger partial charge in [-0.05, 0) is 29.7 Å². The Morgan fingerprint density at radius 1 is 0.917 bits per heavy atom. The number of ether oxygens (including phenoxy) is 1. The van der Waals surface area contributed by atoms with E-state index in [1.807, 2.05) is 30.3 Å². The maximum atomic E-state index is 8.95. The quantitative estimate of drug-likeness (QED) is 0.748. The highest BCUT2D eigenvalue weighted by Crippen LogP contribution is 2.08. The molecule has 1 aromatic carbocycles. The summed E-state index contributed by atoms with van der Waals surface area (Å²) in [7, 11) is 0. The van der Waals surface area contributed by atoms with Crippen LogP contribution in [0, 0.1) is 11.8 Å². The molecule has 0 amide bonds. The van der Waals surface area contributed by atoms with Crippen LogP contribution in [0.2, 0.25) is 0 Å². The van der Waals surface area contributed by atoms with Crippen molar-refractivity contribution >= 4 is 0 Å². The van der Waals surface area contributed by atoms with Crippen molar-refractivity contribution in [3.8, 4) is 17.7 Å². The van der Waals surface area contributed by atoms with E-state index in [0.29, 0.717) is 23.9 Å². The highest BCUT2D eigenvalue weighted by atomic mass is 16.5. The van der Waals surface area contributed by atoms with Crippen molar-refractivity contribution < 1.29 is 9.84 Å². The van der Waals surface area contributed by atoms with Crippen LogP contribution in [0.1, 0.15) is 22.5 Å². The van der Waals surface area contributed by atoms with Gasteiger partial charge in [-0.2, -0.15) is 0 Å². The number of hydrogen-bond donors (Lipinski definition) is 1. The van der Waals surface area contributed by atoms with Crippen LogP contribution in [0.5, 0.6) is 5.88 Å². The third kappa shape index (κ3) is 4.38. The molecule has 5 nitrogen and oxygen atoms in total. The zero-order chi connectivity index (χ0) is 16.6. The second-order valence-corrected chi connectivity index (χ2v) is 4.98. The zero-order valence-corrected chi connectivity index (χ0v) is 12.9. The summed E-state index contributed by atoms with van der Waals surface area (Å²) in [6.07, 6.45) is 1.61. The molecule has 0 saturated carbocycles. The molecule has 5 heteroatoms. The van der Waals surface area contributed by atoms with Gasteiger partial charge in [0.1, 0.15) is 12.3 Å². The first-order valence-electron chi connectivity index (χ1n) is 7.42. The Morgan fingerprint density at radius 3 is 2.46 bits per heavy atom. The average Bonchev–Trinajstić information content (AvgIpc) is 2.67. The summed E-state index contributed by atoms with van der Waals surface area (Å²) in [5.41, 5.74) is 2.98. The fourth-order valence-corrected chi connectivity index (χ4v) is 1.92. The third-order valence-electron chi connectivity index (χ3n) is 3.19. The topological polar surface area (TPSA) is 68.1 Å². The molecule has 0 radical (unpaired) electrons. The Labute approximate surface area is 140 Å². The monoisotopic (exact) mass is 317 g/mol. The molecule has 1 N–H and O–H groups in total. The second kappa shape index (κ2) is 7.86. The molecule has 0 aliphatic heterocycles. The largest absolute Gasteiger partial charge is 0.472 e. The standard InChI is InChI=1S/C19H15N3O2/c23-13-18-9-7-15(12-20-18)6-8-17-10-11-19(22-21-17)24-14-16-4-2-1-3-5-16/h1-5,7,9-12,23H,13-14H2. The fraction of sp³-hybridized carbons (Fsp3) is 0.105. The van der Waals surface area contributed by atoms with E-state index in [2.05, 4.69) is 27.0 Å². The van der Waals surface area contributed by atoms with E-state index < -0.39 is 0 Å². The maximum absolute atomic E-state index is 8.95. The van der Waals surface area contributed by atoms with Crippen LogP contribution in [-0.2, 0) is 13.2 Å². The van der Waals surface area contributed by atoms with E-state index in [9.17, 15) is 0 Å². The Hall–Kier alpha value is -3.23. The lowest BCUT2D eigenvalue weighted by molar-refractivity contribution is 0.277. The molecular weight excluding hydrogens is 302 g/mol.